The summed E-state index contributed by atoms with van der Waals surface area (Å²) in [5.41, 5.74) is 0. The molecule has 0 aromatic heterocycles. The first-order valence-corrected chi connectivity index (χ1v) is 3.99. The molecule has 0 aromatic rings. The quantitative estimate of drug-likeness (QED) is 0.551. The summed E-state index contributed by atoms with van der Waals surface area (Å²) in [6.07, 6.45) is -0.347. The van der Waals surface area contributed by atoms with Crippen molar-refractivity contribution in [3.05, 3.63) is 0 Å². The summed E-state index contributed by atoms with van der Waals surface area (Å²) in [6.45, 7) is 0.565. The zero-order valence-electron chi connectivity index (χ0n) is 8.06. The molecule has 6 nitrogen and oxygen atoms in total. The predicted molar refractivity (Wildman–Crippen MR) is 46.6 cm³/mol. The van der Waals surface area contributed by atoms with Crippen LogP contribution < -0.4 is 0 Å². The largest absolute Gasteiger partial charge is 0.480 e. The molecule has 80 valence electrons. The Morgan fingerprint density at radius 1 is 1.36 bits per heavy atom. The molecule has 1 unspecified atom stereocenters. The minimum absolute atomic E-state index is 0.344. The van der Waals surface area contributed by atoms with Crippen molar-refractivity contribution in [2.75, 3.05) is 13.7 Å². The number of rotatable bonds is 5. The van der Waals surface area contributed by atoms with Gasteiger partial charge in [-0.1, -0.05) is 0 Å². The highest BCUT2D eigenvalue weighted by Gasteiger charge is 2.25. The van der Waals surface area contributed by atoms with Gasteiger partial charge in [0.15, 0.2) is 6.04 Å². The van der Waals surface area contributed by atoms with E-state index in [1.165, 1.54) is 14.0 Å². The molecule has 1 amide bonds. The molecule has 0 radical (unpaired) electrons. The fraction of sp³-hybridized carbons (Fsp3) is 0.625. The van der Waals surface area contributed by atoms with Gasteiger partial charge in [0.25, 0.3) is 0 Å². The summed E-state index contributed by atoms with van der Waals surface area (Å²) >= 11 is 0. The average Bonchev–Trinajstić information content (AvgIpc) is 2.03. The van der Waals surface area contributed by atoms with Crippen LogP contribution in [0, 0.1) is 0 Å². The Balaban J connectivity index is 4.42. The van der Waals surface area contributed by atoms with E-state index in [1.807, 2.05) is 0 Å². The molecule has 2 N–H and O–H groups in total. The molecule has 0 saturated carbocycles. The van der Waals surface area contributed by atoms with E-state index in [1.54, 1.807) is 0 Å². The smallest absolute Gasteiger partial charge is 0.328 e. The number of aliphatic carboxylic acids is 1. The van der Waals surface area contributed by atoms with Crippen molar-refractivity contribution in [2.24, 2.45) is 0 Å². The molecule has 0 fully saturated rings. The second kappa shape index (κ2) is 5.33. The van der Waals surface area contributed by atoms with Gasteiger partial charge in [-0.2, -0.15) is 0 Å². The minimum Gasteiger partial charge on any atom is -0.480 e. The number of carbonyl (C=O) groups is 3. The lowest BCUT2D eigenvalue weighted by Gasteiger charge is -2.22. The van der Waals surface area contributed by atoms with Crippen LogP contribution in [-0.2, 0) is 14.4 Å². The molecule has 0 aliphatic rings. The van der Waals surface area contributed by atoms with Crippen LogP contribution in [0.5, 0.6) is 0 Å². The fourth-order valence-corrected chi connectivity index (χ4v) is 0.878. The number of likely N-dealkylation sites (N-methyl/N-ethyl adjacent to an activating group) is 1. The molecule has 1 atom stereocenters. The molecule has 14 heavy (non-hydrogen) atoms. The molecule has 0 aromatic carbocycles. The normalized spacial score (nSPS) is 11.9. The first-order valence-electron chi connectivity index (χ1n) is 3.99. The Morgan fingerprint density at radius 3 is 2.14 bits per heavy atom. The Kier molecular flexibility index (Phi) is 4.79. The van der Waals surface area contributed by atoms with Gasteiger partial charge in [-0.05, 0) is 6.92 Å². The highest BCUT2D eigenvalue weighted by atomic mass is 16.4. The van der Waals surface area contributed by atoms with Crippen LogP contribution in [0.2, 0.25) is 0 Å². The summed E-state index contributed by atoms with van der Waals surface area (Å²) in [4.78, 5) is 33.1. The van der Waals surface area contributed by atoms with E-state index in [9.17, 15) is 14.4 Å². The van der Waals surface area contributed by atoms with Gasteiger partial charge in [-0.3, -0.25) is 9.59 Å². The lowest BCUT2D eigenvalue weighted by Crippen LogP contribution is -2.45. The third-order valence-corrected chi connectivity index (χ3v) is 1.72. The maximum atomic E-state index is 11.2. The fourth-order valence-electron chi connectivity index (χ4n) is 0.878. The monoisotopic (exact) mass is 203 g/mol. The second-order valence-electron chi connectivity index (χ2n) is 2.92. The van der Waals surface area contributed by atoms with E-state index < -0.39 is 24.5 Å². The first-order chi connectivity index (χ1) is 6.40. The molecule has 6 heteroatoms. The molecule has 0 rings (SSSR count). The maximum absolute atomic E-state index is 11.2. The van der Waals surface area contributed by atoms with Crippen LogP contribution in [0.4, 0.5) is 0 Å². The number of hydrogen-bond acceptors (Lipinski definition) is 4. The number of amides is 1. The first kappa shape index (κ1) is 12.6. The van der Waals surface area contributed by atoms with E-state index in [0.717, 1.165) is 4.90 Å². The van der Waals surface area contributed by atoms with Crippen LogP contribution in [0.15, 0.2) is 0 Å². The topological polar surface area (TPSA) is 94.9 Å². The van der Waals surface area contributed by atoms with Crippen molar-refractivity contribution in [1.29, 1.82) is 0 Å². The Labute approximate surface area is 81.1 Å². The van der Waals surface area contributed by atoms with Crippen LogP contribution in [-0.4, -0.2) is 52.5 Å². The zero-order chi connectivity index (χ0) is 11.3. The van der Waals surface area contributed by atoms with Crippen LogP contribution in [0.3, 0.4) is 0 Å². The van der Waals surface area contributed by atoms with Gasteiger partial charge in [0, 0.05) is 7.05 Å². The summed E-state index contributed by atoms with van der Waals surface area (Å²) in [5, 5.41) is 17.3. The van der Waals surface area contributed by atoms with E-state index >= 15 is 0 Å². The number of carbonyl (C=O) groups excluding carboxylic acids is 2. The third kappa shape index (κ3) is 3.53. The average molecular weight is 203 g/mol. The molecule has 0 aliphatic carbocycles. The zero-order valence-corrected chi connectivity index (χ0v) is 8.06. The lowest BCUT2D eigenvalue weighted by molar-refractivity contribution is -0.151. The second-order valence-corrected chi connectivity index (χ2v) is 2.92. The number of ketones is 1. The number of carboxylic acids is 1. The molecular formula is C8H13NO5. The number of aliphatic hydroxyl groups excluding tert-OH is 1. The van der Waals surface area contributed by atoms with Gasteiger partial charge >= 0.3 is 5.97 Å². The maximum Gasteiger partial charge on any atom is 0.328 e. The van der Waals surface area contributed by atoms with Crippen molar-refractivity contribution in [3.63, 3.8) is 0 Å². The van der Waals surface area contributed by atoms with Crippen molar-refractivity contribution in [3.8, 4) is 0 Å². The number of hydrogen-bond donors (Lipinski definition) is 2. The molecule has 0 heterocycles. The summed E-state index contributed by atoms with van der Waals surface area (Å²) in [5.74, 6) is -2.25. The number of Topliss-reactive ketones (excluding diaryl/α,β-unsaturated/α-hetero) is 1. The standard InChI is InChI=1S/C8H13NO5/c1-5(11)3-7(12)9(2)6(4-10)8(13)14/h6,10H,3-4H2,1-2H3,(H,13,14). The lowest BCUT2D eigenvalue weighted by atomic mass is 10.2. The van der Waals surface area contributed by atoms with Crippen molar-refractivity contribution in [2.45, 2.75) is 19.4 Å². The minimum atomic E-state index is -1.30. The predicted octanol–water partition coefficient (Wildman–Crippen LogP) is -1.13. The van der Waals surface area contributed by atoms with Gasteiger partial charge in [0.05, 0.1) is 13.0 Å². The van der Waals surface area contributed by atoms with E-state index in [2.05, 4.69) is 0 Å². The highest BCUT2D eigenvalue weighted by Crippen LogP contribution is 2.00. The van der Waals surface area contributed by atoms with Gasteiger partial charge < -0.3 is 15.1 Å². The molecular weight excluding hydrogens is 190 g/mol. The van der Waals surface area contributed by atoms with Gasteiger partial charge in [-0.25, -0.2) is 4.79 Å². The number of carboxylic acid groups (broad SMARTS) is 1. The van der Waals surface area contributed by atoms with Gasteiger partial charge in [0.1, 0.15) is 5.78 Å². The van der Waals surface area contributed by atoms with Crippen molar-refractivity contribution in [1.82, 2.24) is 4.90 Å². The Bertz CT molecular complexity index is 250. The summed E-state index contributed by atoms with van der Waals surface area (Å²) in [6, 6.07) is -1.29. The number of aliphatic hydroxyl groups is 1. The van der Waals surface area contributed by atoms with Gasteiger partial charge in [0.2, 0.25) is 5.91 Å². The van der Waals surface area contributed by atoms with E-state index in [4.69, 9.17) is 10.2 Å². The summed E-state index contributed by atoms with van der Waals surface area (Å²) in [7, 11) is 1.24. The highest BCUT2D eigenvalue weighted by molar-refractivity contribution is 5.98. The van der Waals surface area contributed by atoms with Crippen molar-refractivity contribution < 1.29 is 24.6 Å². The van der Waals surface area contributed by atoms with E-state index in [-0.39, 0.29) is 12.2 Å². The van der Waals surface area contributed by atoms with Gasteiger partial charge in [-0.15, -0.1) is 0 Å². The van der Waals surface area contributed by atoms with Crippen LogP contribution >= 0.6 is 0 Å². The third-order valence-electron chi connectivity index (χ3n) is 1.72. The van der Waals surface area contributed by atoms with E-state index in [0.29, 0.717) is 0 Å². The van der Waals surface area contributed by atoms with Crippen LogP contribution in [0.1, 0.15) is 13.3 Å². The Morgan fingerprint density at radius 2 is 1.86 bits per heavy atom. The SMILES string of the molecule is CC(=O)CC(=O)N(C)C(CO)C(=O)O. The molecule has 0 aliphatic heterocycles. The molecule has 0 spiro atoms. The van der Waals surface area contributed by atoms with Crippen molar-refractivity contribution >= 4 is 17.7 Å². The summed E-state index contributed by atoms with van der Waals surface area (Å²) < 4.78 is 0. The Hall–Kier alpha value is -1.43. The van der Waals surface area contributed by atoms with Crippen LogP contribution in [0.25, 0.3) is 0 Å². The number of nitrogens with zero attached hydrogens (tertiary/aromatic N) is 1. The molecule has 0 saturated heterocycles. The molecule has 0 bridgehead atoms.